The number of aromatic nitrogens is 2. The highest BCUT2D eigenvalue weighted by molar-refractivity contribution is 5.38. The summed E-state index contributed by atoms with van der Waals surface area (Å²) in [7, 11) is 1.70. The molecule has 0 bridgehead atoms. The van der Waals surface area contributed by atoms with Gasteiger partial charge in [-0.25, -0.2) is 0 Å². The van der Waals surface area contributed by atoms with Gasteiger partial charge in [0.1, 0.15) is 5.75 Å². The highest BCUT2D eigenvalue weighted by Gasteiger charge is 2.43. The summed E-state index contributed by atoms with van der Waals surface area (Å²) in [4.78, 5) is 4.78. The maximum atomic E-state index is 5.73. The summed E-state index contributed by atoms with van der Waals surface area (Å²) < 4.78 is 16.6. The molecule has 2 aromatic rings. The Morgan fingerprint density at radius 3 is 2.87 bits per heavy atom. The molecule has 0 N–H and O–H groups in total. The first-order chi connectivity index (χ1) is 11.3. The lowest BCUT2D eigenvalue weighted by Crippen LogP contribution is -2.24. The van der Waals surface area contributed by atoms with E-state index in [9.17, 15) is 0 Å². The van der Waals surface area contributed by atoms with Gasteiger partial charge in [0, 0.05) is 12.5 Å². The fourth-order valence-electron chi connectivity index (χ4n) is 3.86. The maximum Gasteiger partial charge on any atom is 0.237 e. The lowest BCUT2D eigenvalue weighted by molar-refractivity contribution is 0.192. The molecule has 23 heavy (non-hydrogen) atoms. The molecule has 5 heteroatoms. The van der Waals surface area contributed by atoms with Gasteiger partial charge in [0.2, 0.25) is 5.89 Å². The minimum atomic E-state index is -0.167. The lowest BCUT2D eigenvalue weighted by Gasteiger charge is -2.25. The monoisotopic (exact) mass is 314 g/mol. The summed E-state index contributed by atoms with van der Waals surface area (Å²) in [5.74, 6) is 2.70. The molecule has 0 amide bonds. The highest BCUT2D eigenvalue weighted by Crippen LogP contribution is 2.46. The number of rotatable bonds is 4. The summed E-state index contributed by atoms with van der Waals surface area (Å²) >= 11 is 0. The fourth-order valence-corrected chi connectivity index (χ4v) is 3.86. The van der Waals surface area contributed by atoms with E-state index < -0.39 is 0 Å². The first kappa shape index (κ1) is 14.7. The molecule has 2 aliphatic rings. The second-order valence-electron chi connectivity index (χ2n) is 6.54. The Balaban J connectivity index is 1.72. The van der Waals surface area contributed by atoms with Gasteiger partial charge in [-0.15, -0.1) is 0 Å². The Hall–Kier alpha value is -1.88. The van der Waals surface area contributed by atoms with Crippen molar-refractivity contribution in [1.29, 1.82) is 0 Å². The van der Waals surface area contributed by atoms with Crippen LogP contribution in [-0.4, -0.2) is 30.5 Å². The molecule has 1 atom stereocenters. The van der Waals surface area contributed by atoms with Crippen molar-refractivity contribution in [1.82, 2.24) is 10.1 Å². The quantitative estimate of drug-likeness (QED) is 0.865. The van der Waals surface area contributed by atoms with Crippen LogP contribution in [-0.2, 0) is 10.2 Å². The normalized spacial score (nSPS) is 23.3. The van der Waals surface area contributed by atoms with Crippen LogP contribution in [0.15, 0.2) is 28.8 Å². The molecule has 1 aliphatic heterocycles. The fraction of sp³-hybridized carbons (Fsp3) is 0.556. The number of nitrogens with zero attached hydrogens (tertiary/aromatic N) is 2. The summed E-state index contributed by atoms with van der Waals surface area (Å²) in [6.45, 7) is 1.49. The van der Waals surface area contributed by atoms with Crippen LogP contribution in [0.3, 0.4) is 0 Å². The predicted octanol–water partition coefficient (Wildman–Crippen LogP) is 3.44. The number of ether oxygens (including phenoxy) is 2. The zero-order valence-corrected chi connectivity index (χ0v) is 13.5. The van der Waals surface area contributed by atoms with Crippen LogP contribution in [0.4, 0.5) is 0 Å². The highest BCUT2D eigenvalue weighted by atomic mass is 16.5. The van der Waals surface area contributed by atoms with Gasteiger partial charge in [0.25, 0.3) is 0 Å². The van der Waals surface area contributed by atoms with E-state index in [1.165, 1.54) is 18.4 Å². The van der Waals surface area contributed by atoms with Gasteiger partial charge in [-0.05, 0) is 37.0 Å². The molecule has 122 valence electrons. The molecule has 1 saturated heterocycles. The molecule has 0 spiro atoms. The Labute approximate surface area is 136 Å². The summed E-state index contributed by atoms with van der Waals surface area (Å²) in [6.07, 6.45) is 5.43. The van der Waals surface area contributed by atoms with Gasteiger partial charge in [-0.1, -0.05) is 30.1 Å². The van der Waals surface area contributed by atoms with Crippen molar-refractivity contribution < 1.29 is 14.0 Å². The van der Waals surface area contributed by atoms with Gasteiger partial charge < -0.3 is 14.0 Å². The van der Waals surface area contributed by atoms with Crippen molar-refractivity contribution in [2.75, 3.05) is 20.3 Å². The van der Waals surface area contributed by atoms with Crippen LogP contribution in [0.5, 0.6) is 5.75 Å². The summed E-state index contributed by atoms with van der Waals surface area (Å²) in [5, 5.41) is 4.26. The Morgan fingerprint density at radius 2 is 2.13 bits per heavy atom. The molecular formula is C18H22N2O3. The van der Waals surface area contributed by atoms with Gasteiger partial charge in [-0.3, -0.25) is 0 Å². The largest absolute Gasteiger partial charge is 0.497 e. The first-order valence-corrected chi connectivity index (χ1v) is 8.38. The van der Waals surface area contributed by atoms with Gasteiger partial charge in [0.15, 0.2) is 5.82 Å². The summed E-state index contributed by atoms with van der Waals surface area (Å²) in [6, 6.07) is 8.27. The van der Waals surface area contributed by atoms with Crippen LogP contribution in [0.25, 0.3) is 0 Å². The van der Waals surface area contributed by atoms with E-state index in [-0.39, 0.29) is 11.3 Å². The van der Waals surface area contributed by atoms with Crippen molar-refractivity contribution >= 4 is 0 Å². The van der Waals surface area contributed by atoms with E-state index >= 15 is 0 Å². The van der Waals surface area contributed by atoms with Gasteiger partial charge >= 0.3 is 0 Å². The van der Waals surface area contributed by atoms with E-state index in [1.54, 1.807) is 7.11 Å². The minimum absolute atomic E-state index is 0.167. The van der Waals surface area contributed by atoms with Gasteiger partial charge in [0.05, 0.1) is 19.1 Å². The first-order valence-electron chi connectivity index (χ1n) is 8.38. The van der Waals surface area contributed by atoms with Crippen molar-refractivity contribution in [3.8, 4) is 5.75 Å². The van der Waals surface area contributed by atoms with E-state index in [2.05, 4.69) is 17.3 Å². The number of benzene rings is 1. The molecule has 1 aliphatic carbocycles. The average Bonchev–Trinajstić information content (AvgIpc) is 3.34. The van der Waals surface area contributed by atoms with Gasteiger partial charge in [-0.2, -0.15) is 4.98 Å². The molecule has 2 heterocycles. The van der Waals surface area contributed by atoms with Crippen LogP contribution in [0, 0.1) is 0 Å². The smallest absolute Gasteiger partial charge is 0.237 e. The topological polar surface area (TPSA) is 57.4 Å². The van der Waals surface area contributed by atoms with E-state index in [4.69, 9.17) is 19.0 Å². The molecule has 2 fully saturated rings. The Kier molecular flexibility index (Phi) is 3.81. The van der Waals surface area contributed by atoms with Crippen LogP contribution >= 0.6 is 0 Å². The third kappa shape index (κ3) is 2.53. The average molecular weight is 314 g/mol. The Bertz CT molecular complexity index is 670. The van der Waals surface area contributed by atoms with Crippen LogP contribution in [0.1, 0.15) is 55.3 Å². The molecule has 1 saturated carbocycles. The molecule has 1 aromatic carbocycles. The summed E-state index contributed by atoms with van der Waals surface area (Å²) in [5.41, 5.74) is 1.05. The number of methoxy groups -OCH3 is 1. The molecular weight excluding hydrogens is 292 g/mol. The second-order valence-corrected chi connectivity index (χ2v) is 6.54. The minimum Gasteiger partial charge on any atom is -0.497 e. The van der Waals surface area contributed by atoms with Crippen molar-refractivity contribution in [3.05, 3.63) is 41.5 Å². The zero-order chi connectivity index (χ0) is 15.7. The number of hydrogen-bond acceptors (Lipinski definition) is 5. The molecule has 4 rings (SSSR count). The van der Waals surface area contributed by atoms with Crippen molar-refractivity contribution in [2.45, 2.75) is 43.4 Å². The SMILES string of the molecule is COc1cccc(C2(c3nc(C4CCOC4)no3)CCCC2)c1. The molecule has 1 aromatic heterocycles. The third-order valence-electron chi connectivity index (χ3n) is 5.23. The molecule has 1 unspecified atom stereocenters. The second kappa shape index (κ2) is 5.96. The van der Waals surface area contributed by atoms with Crippen LogP contribution in [0.2, 0.25) is 0 Å². The predicted molar refractivity (Wildman–Crippen MR) is 84.7 cm³/mol. The maximum absolute atomic E-state index is 5.73. The number of hydrogen-bond donors (Lipinski definition) is 0. The zero-order valence-electron chi connectivity index (χ0n) is 13.5. The third-order valence-corrected chi connectivity index (χ3v) is 5.23. The van der Waals surface area contributed by atoms with Crippen molar-refractivity contribution in [2.24, 2.45) is 0 Å². The van der Waals surface area contributed by atoms with E-state index in [0.29, 0.717) is 6.61 Å². The van der Waals surface area contributed by atoms with Crippen molar-refractivity contribution in [3.63, 3.8) is 0 Å². The molecule has 5 nitrogen and oxygen atoms in total. The Morgan fingerprint density at radius 1 is 1.26 bits per heavy atom. The lowest BCUT2D eigenvalue weighted by atomic mass is 9.78. The molecule has 0 radical (unpaired) electrons. The van der Waals surface area contributed by atoms with Crippen LogP contribution < -0.4 is 4.74 Å². The standard InChI is InChI=1S/C18H22N2O3/c1-21-15-6-4-5-14(11-15)18(8-2-3-9-18)17-19-16(20-23-17)13-7-10-22-12-13/h4-6,11,13H,2-3,7-10,12H2,1H3. The van der Waals surface area contributed by atoms with E-state index in [1.807, 2.05) is 12.1 Å². The van der Waals surface area contributed by atoms with E-state index in [0.717, 1.165) is 43.3 Å².